The Morgan fingerprint density at radius 1 is 1.57 bits per heavy atom. The van der Waals surface area contributed by atoms with Crippen LogP contribution in [0.15, 0.2) is 17.5 Å². The van der Waals surface area contributed by atoms with E-state index in [1.54, 1.807) is 18.3 Å². The molecule has 1 N–H and O–H groups in total. The fraction of sp³-hybridized carbons (Fsp3) is 0.500. The molecule has 1 aromatic heterocycles. The number of thiophene rings is 1. The molecule has 1 aromatic rings. The predicted octanol–water partition coefficient (Wildman–Crippen LogP) is 2.85. The topological polar surface area (TPSA) is 20.2 Å². The van der Waals surface area contributed by atoms with Gasteiger partial charge in [-0.3, -0.25) is 0 Å². The minimum Gasteiger partial charge on any atom is -0.392 e. The average Bonchev–Trinajstić information content (AvgIpc) is 2.67. The molecule has 1 unspecified atom stereocenters. The minimum absolute atomic E-state index is 0.248. The van der Waals surface area contributed by atoms with E-state index in [0.717, 1.165) is 19.3 Å². The van der Waals surface area contributed by atoms with Gasteiger partial charge in [0.2, 0.25) is 0 Å². The standard InChI is InChI=1S/C12H16OS/c1-2-3-6-11(13)7-4-8-12-9-5-10-14-12/h5,9-11,13H,4,6-8H2,1H3. The Morgan fingerprint density at radius 3 is 3.07 bits per heavy atom. The van der Waals surface area contributed by atoms with Gasteiger partial charge >= 0.3 is 0 Å². The summed E-state index contributed by atoms with van der Waals surface area (Å²) in [6.45, 7) is 1.80. The molecule has 14 heavy (non-hydrogen) atoms. The highest BCUT2D eigenvalue weighted by atomic mass is 32.1. The number of hydrogen-bond donors (Lipinski definition) is 1. The van der Waals surface area contributed by atoms with Gasteiger partial charge in [0.25, 0.3) is 0 Å². The summed E-state index contributed by atoms with van der Waals surface area (Å²) in [7, 11) is 0. The lowest BCUT2D eigenvalue weighted by Gasteiger charge is -2.05. The molecular weight excluding hydrogens is 192 g/mol. The van der Waals surface area contributed by atoms with Gasteiger partial charge in [-0.1, -0.05) is 6.07 Å². The van der Waals surface area contributed by atoms with Gasteiger partial charge in [0.1, 0.15) is 0 Å². The molecule has 0 aliphatic rings. The highest BCUT2D eigenvalue weighted by Crippen LogP contribution is 2.13. The zero-order valence-corrected chi connectivity index (χ0v) is 9.31. The van der Waals surface area contributed by atoms with Crippen molar-refractivity contribution in [3.05, 3.63) is 22.4 Å². The largest absolute Gasteiger partial charge is 0.392 e. The monoisotopic (exact) mass is 208 g/mol. The van der Waals surface area contributed by atoms with Crippen molar-refractivity contribution in [3.8, 4) is 11.8 Å². The molecule has 0 fully saturated rings. The van der Waals surface area contributed by atoms with Gasteiger partial charge in [0.15, 0.2) is 0 Å². The van der Waals surface area contributed by atoms with E-state index in [4.69, 9.17) is 0 Å². The van der Waals surface area contributed by atoms with E-state index in [2.05, 4.69) is 29.4 Å². The van der Waals surface area contributed by atoms with Crippen molar-refractivity contribution in [3.63, 3.8) is 0 Å². The van der Waals surface area contributed by atoms with Crippen LogP contribution < -0.4 is 0 Å². The summed E-state index contributed by atoms with van der Waals surface area (Å²) in [5, 5.41) is 11.6. The zero-order chi connectivity index (χ0) is 10.2. The summed E-state index contributed by atoms with van der Waals surface area (Å²) >= 11 is 1.78. The van der Waals surface area contributed by atoms with Crippen LogP contribution in [-0.2, 0) is 6.42 Å². The van der Waals surface area contributed by atoms with Crippen molar-refractivity contribution in [2.75, 3.05) is 0 Å². The summed E-state index contributed by atoms with van der Waals surface area (Å²) in [5.74, 6) is 5.69. The van der Waals surface area contributed by atoms with Crippen LogP contribution in [0.25, 0.3) is 0 Å². The van der Waals surface area contributed by atoms with Gasteiger partial charge in [-0.05, 0) is 37.6 Å². The van der Waals surface area contributed by atoms with Crippen molar-refractivity contribution in [1.82, 2.24) is 0 Å². The minimum atomic E-state index is -0.248. The van der Waals surface area contributed by atoms with E-state index >= 15 is 0 Å². The van der Waals surface area contributed by atoms with E-state index in [0.29, 0.717) is 6.42 Å². The van der Waals surface area contributed by atoms with Crippen LogP contribution in [0.2, 0.25) is 0 Å². The molecule has 1 rings (SSSR count). The van der Waals surface area contributed by atoms with E-state index in [-0.39, 0.29) is 6.10 Å². The Morgan fingerprint density at radius 2 is 2.43 bits per heavy atom. The molecule has 2 heteroatoms. The molecule has 0 aliphatic heterocycles. The second kappa shape index (κ2) is 6.64. The van der Waals surface area contributed by atoms with Gasteiger partial charge in [-0.15, -0.1) is 23.2 Å². The number of hydrogen-bond acceptors (Lipinski definition) is 2. The first-order valence-corrected chi connectivity index (χ1v) is 5.81. The van der Waals surface area contributed by atoms with Crippen LogP contribution in [0, 0.1) is 11.8 Å². The molecular formula is C12H16OS. The van der Waals surface area contributed by atoms with Gasteiger partial charge < -0.3 is 5.11 Å². The fourth-order valence-corrected chi connectivity index (χ4v) is 2.04. The second-order valence-corrected chi connectivity index (χ2v) is 4.29. The van der Waals surface area contributed by atoms with Crippen molar-refractivity contribution in [1.29, 1.82) is 0 Å². The van der Waals surface area contributed by atoms with E-state index < -0.39 is 0 Å². The van der Waals surface area contributed by atoms with Crippen molar-refractivity contribution < 1.29 is 5.11 Å². The first-order valence-electron chi connectivity index (χ1n) is 4.93. The molecule has 0 aliphatic carbocycles. The first-order chi connectivity index (χ1) is 6.83. The summed E-state index contributed by atoms with van der Waals surface area (Å²) < 4.78 is 0. The molecule has 1 nitrogen and oxygen atoms in total. The van der Waals surface area contributed by atoms with Crippen LogP contribution in [0.1, 0.15) is 31.1 Å². The normalized spacial score (nSPS) is 11.9. The van der Waals surface area contributed by atoms with Crippen LogP contribution in [0.4, 0.5) is 0 Å². The molecule has 0 radical (unpaired) electrons. The molecule has 1 heterocycles. The highest BCUT2D eigenvalue weighted by Gasteiger charge is 2.02. The van der Waals surface area contributed by atoms with Crippen LogP contribution in [0.5, 0.6) is 0 Å². The van der Waals surface area contributed by atoms with Gasteiger partial charge in [-0.2, -0.15) is 0 Å². The molecule has 0 bridgehead atoms. The van der Waals surface area contributed by atoms with E-state index in [9.17, 15) is 5.11 Å². The van der Waals surface area contributed by atoms with Crippen LogP contribution in [-0.4, -0.2) is 11.2 Å². The van der Waals surface area contributed by atoms with Gasteiger partial charge in [-0.25, -0.2) is 0 Å². The SMILES string of the molecule is CC#CCC(O)CCCc1cccs1. The Labute approximate surface area is 89.8 Å². The quantitative estimate of drug-likeness (QED) is 0.738. The number of aryl methyl sites for hydroxylation is 1. The fourth-order valence-electron chi connectivity index (χ4n) is 1.29. The maximum absolute atomic E-state index is 9.51. The number of rotatable bonds is 5. The molecule has 0 saturated heterocycles. The third-order valence-electron chi connectivity index (χ3n) is 2.06. The highest BCUT2D eigenvalue weighted by molar-refractivity contribution is 7.09. The molecule has 0 aromatic carbocycles. The van der Waals surface area contributed by atoms with Crippen LogP contribution in [0.3, 0.4) is 0 Å². The van der Waals surface area contributed by atoms with E-state index in [1.165, 1.54) is 4.88 Å². The second-order valence-electron chi connectivity index (χ2n) is 3.26. The van der Waals surface area contributed by atoms with E-state index in [1.807, 2.05) is 0 Å². The molecule has 76 valence electrons. The Bertz CT molecular complexity index is 292. The smallest absolute Gasteiger partial charge is 0.0649 e. The third kappa shape index (κ3) is 4.45. The van der Waals surface area contributed by atoms with Gasteiger partial charge in [0, 0.05) is 11.3 Å². The number of aliphatic hydroxyl groups is 1. The molecule has 0 saturated carbocycles. The molecule has 1 atom stereocenters. The summed E-state index contributed by atoms with van der Waals surface area (Å²) in [6, 6.07) is 4.21. The average molecular weight is 208 g/mol. The maximum atomic E-state index is 9.51. The molecule has 0 amide bonds. The lowest BCUT2D eigenvalue weighted by Crippen LogP contribution is -2.05. The zero-order valence-electron chi connectivity index (χ0n) is 8.49. The Balaban J connectivity index is 2.11. The Kier molecular flexibility index (Phi) is 5.36. The molecule has 0 spiro atoms. The maximum Gasteiger partial charge on any atom is 0.0649 e. The number of aliphatic hydroxyl groups excluding tert-OH is 1. The van der Waals surface area contributed by atoms with Crippen LogP contribution >= 0.6 is 11.3 Å². The third-order valence-corrected chi connectivity index (χ3v) is 2.99. The van der Waals surface area contributed by atoms with Crippen molar-refractivity contribution >= 4 is 11.3 Å². The lowest BCUT2D eigenvalue weighted by atomic mass is 10.1. The first kappa shape index (κ1) is 11.3. The van der Waals surface area contributed by atoms with Crippen molar-refractivity contribution in [2.45, 2.75) is 38.7 Å². The lowest BCUT2D eigenvalue weighted by molar-refractivity contribution is 0.167. The van der Waals surface area contributed by atoms with Crippen molar-refractivity contribution in [2.24, 2.45) is 0 Å². The summed E-state index contributed by atoms with van der Waals surface area (Å²) in [4.78, 5) is 1.40. The van der Waals surface area contributed by atoms with Gasteiger partial charge in [0.05, 0.1) is 6.10 Å². The predicted molar refractivity (Wildman–Crippen MR) is 61.3 cm³/mol. The summed E-state index contributed by atoms with van der Waals surface area (Å²) in [6.07, 6.45) is 3.34. The summed E-state index contributed by atoms with van der Waals surface area (Å²) in [5.41, 5.74) is 0. The Hall–Kier alpha value is -0.780.